The third-order valence-corrected chi connectivity index (χ3v) is 6.30. The second-order valence-corrected chi connectivity index (χ2v) is 8.76. The minimum Gasteiger partial charge on any atom is -0.399 e. The highest BCUT2D eigenvalue weighted by atomic mass is 16.7. The summed E-state index contributed by atoms with van der Waals surface area (Å²) in [7, 11) is -0.359. The van der Waals surface area contributed by atoms with Crippen LogP contribution in [0.15, 0.2) is 72.8 Å². The summed E-state index contributed by atoms with van der Waals surface area (Å²) >= 11 is 0. The van der Waals surface area contributed by atoms with Gasteiger partial charge in [-0.3, -0.25) is 0 Å². The Kier molecular flexibility index (Phi) is 4.06. The lowest BCUT2D eigenvalue weighted by molar-refractivity contribution is 0.00578. The van der Waals surface area contributed by atoms with Crippen LogP contribution in [0.4, 0.5) is 0 Å². The zero-order chi connectivity index (χ0) is 20.2. The Balaban J connectivity index is 1.54. The molecule has 0 bridgehead atoms. The summed E-state index contributed by atoms with van der Waals surface area (Å²) in [4.78, 5) is 4.94. The molecule has 2 heterocycles. The Bertz CT molecular complexity index is 1210. The van der Waals surface area contributed by atoms with Gasteiger partial charge in [0.25, 0.3) is 0 Å². The fourth-order valence-corrected chi connectivity index (χ4v) is 3.87. The van der Waals surface area contributed by atoms with Crippen molar-refractivity contribution < 1.29 is 9.31 Å². The highest BCUT2D eigenvalue weighted by Gasteiger charge is 2.51. The molecule has 0 aliphatic carbocycles. The maximum Gasteiger partial charge on any atom is 0.494 e. The fourth-order valence-electron chi connectivity index (χ4n) is 3.87. The molecule has 0 atom stereocenters. The minimum absolute atomic E-state index is 0.344. The normalized spacial score (nSPS) is 17.9. The Labute approximate surface area is 171 Å². The van der Waals surface area contributed by atoms with Gasteiger partial charge in [0.1, 0.15) is 0 Å². The van der Waals surface area contributed by atoms with Crippen molar-refractivity contribution in [1.29, 1.82) is 0 Å². The largest absolute Gasteiger partial charge is 0.494 e. The third kappa shape index (κ3) is 3.04. The Hall–Kier alpha value is -2.69. The van der Waals surface area contributed by atoms with E-state index in [1.807, 2.05) is 0 Å². The third-order valence-electron chi connectivity index (χ3n) is 6.30. The Morgan fingerprint density at radius 1 is 0.724 bits per heavy atom. The van der Waals surface area contributed by atoms with Gasteiger partial charge in [-0.05, 0) is 61.4 Å². The molecule has 4 heteroatoms. The standard InChI is InChI=1S/C25H24BNO2/c1-24(2)25(3,4)29-26(28-24)19-13-15-22-18(16-19)12-14-23(27-22)21-11-7-9-17-8-5-6-10-20(17)21/h5-16H,1-4H3. The van der Waals surface area contributed by atoms with Crippen molar-refractivity contribution >= 4 is 34.3 Å². The van der Waals surface area contributed by atoms with E-state index in [0.717, 1.165) is 27.6 Å². The monoisotopic (exact) mass is 381 g/mol. The van der Waals surface area contributed by atoms with Crippen LogP contribution in [-0.4, -0.2) is 23.3 Å². The van der Waals surface area contributed by atoms with Crippen LogP contribution in [0.25, 0.3) is 32.9 Å². The lowest BCUT2D eigenvalue weighted by atomic mass is 9.78. The molecule has 1 aromatic heterocycles. The van der Waals surface area contributed by atoms with Crippen molar-refractivity contribution in [3.8, 4) is 11.3 Å². The summed E-state index contributed by atoms with van der Waals surface area (Å²) in [5.74, 6) is 0. The lowest BCUT2D eigenvalue weighted by Gasteiger charge is -2.32. The predicted octanol–water partition coefficient (Wildman–Crippen LogP) is 5.35. The first kappa shape index (κ1) is 18.4. The first-order valence-electron chi connectivity index (χ1n) is 10.1. The summed E-state index contributed by atoms with van der Waals surface area (Å²) in [5.41, 5.74) is 3.44. The van der Waals surface area contributed by atoms with E-state index in [2.05, 4.69) is 100 Å². The molecular formula is C25H24BNO2. The molecule has 1 fully saturated rings. The number of pyridine rings is 1. The molecule has 5 rings (SSSR count). The van der Waals surface area contributed by atoms with E-state index in [1.165, 1.54) is 10.8 Å². The number of rotatable bonds is 2. The number of fused-ring (bicyclic) bond motifs is 2. The van der Waals surface area contributed by atoms with Crippen molar-refractivity contribution in [2.24, 2.45) is 0 Å². The molecule has 3 nitrogen and oxygen atoms in total. The van der Waals surface area contributed by atoms with Crippen LogP contribution in [0.2, 0.25) is 0 Å². The smallest absolute Gasteiger partial charge is 0.399 e. The Morgan fingerprint density at radius 2 is 1.45 bits per heavy atom. The van der Waals surface area contributed by atoms with E-state index in [0.29, 0.717) is 0 Å². The molecule has 0 N–H and O–H groups in total. The predicted molar refractivity (Wildman–Crippen MR) is 120 cm³/mol. The van der Waals surface area contributed by atoms with Crippen LogP contribution < -0.4 is 5.46 Å². The number of hydrogen-bond donors (Lipinski definition) is 0. The minimum atomic E-state index is -0.359. The summed E-state index contributed by atoms with van der Waals surface area (Å²) in [6.07, 6.45) is 0. The van der Waals surface area contributed by atoms with Gasteiger partial charge in [-0.15, -0.1) is 0 Å². The first-order chi connectivity index (χ1) is 13.8. The van der Waals surface area contributed by atoms with Crippen molar-refractivity contribution in [3.63, 3.8) is 0 Å². The van der Waals surface area contributed by atoms with Crippen LogP contribution in [0.1, 0.15) is 27.7 Å². The molecule has 29 heavy (non-hydrogen) atoms. The van der Waals surface area contributed by atoms with Gasteiger partial charge < -0.3 is 9.31 Å². The number of benzene rings is 3. The van der Waals surface area contributed by atoms with E-state index < -0.39 is 0 Å². The maximum atomic E-state index is 6.20. The average Bonchev–Trinajstić information content (AvgIpc) is 2.94. The van der Waals surface area contributed by atoms with E-state index in [9.17, 15) is 0 Å². The lowest BCUT2D eigenvalue weighted by Crippen LogP contribution is -2.41. The van der Waals surface area contributed by atoms with Crippen LogP contribution in [0, 0.1) is 0 Å². The summed E-state index contributed by atoms with van der Waals surface area (Å²) in [6, 6.07) is 25.3. The SMILES string of the molecule is CC1(C)OB(c2ccc3nc(-c4cccc5ccccc45)ccc3c2)OC1(C)C. The molecule has 1 aliphatic heterocycles. The molecule has 0 unspecified atom stereocenters. The highest BCUT2D eigenvalue weighted by Crippen LogP contribution is 2.36. The van der Waals surface area contributed by atoms with Gasteiger partial charge in [0.2, 0.25) is 0 Å². The number of hydrogen-bond acceptors (Lipinski definition) is 3. The van der Waals surface area contributed by atoms with Crippen LogP contribution in [0.5, 0.6) is 0 Å². The van der Waals surface area contributed by atoms with Crippen molar-refractivity contribution in [2.45, 2.75) is 38.9 Å². The highest BCUT2D eigenvalue weighted by molar-refractivity contribution is 6.62. The van der Waals surface area contributed by atoms with E-state index in [4.69, 9.17) is 14.3 Å². The number of nitrogens with zero attached hydrogens (tertiary/aromatic N) is 1. The zero-order valence-corrected chi connectivity index (χ0v) is 17.3. The van der Waals surface area contributed by atoms with Gasteiger partial charge in [-0.25, -0.2) is 4.98 Å². The molecule has 4 aromatic rings. The van der Waals surface area contributed by atoms with Crippen LogP contribution >= 0.6 is 0 Å². The van der Waals surface area contributed by atoms with Crippen LogP contribution in [-0.2, 0) is 9.31 Å². The van der Waals surface area contributed by atoms with E-state index >= 15 is 0 Å². The fraction of sp³-hybridized carbons (Fsp3) is 0.240. The summed E-state index contributed by atoms with van der Waals surface area (Å²) in [5, 5.41) is 3.53. The Morgan fingerprint density at radius 3 is 2.24 bits per heavy atom. The second-order valence-electron chi connectivity index (χ2n) is 8.76. The van der Waals surface area contributed by atoms with Crippen molar-refractivity contribution in [1.82, 2.24) is 4.98 Å². The molecule has 0 amide bonds. The molecule has 1 saturated heterocycles. The molecular weight excluding hydrogens is 357 g/mol. The summed E-state index contributed by atoms with van der Waals surface area (Å²) < 4.78 is 12.4. The van der Waals surface area contributed by atoms with Gasteiger partial charge in [0, 0.05) is 5.56 Å². The maximum absolute atomic E-state index is 6.20. The van der Waals surface area contributed by atoms with Crippen LogP contribution in [0.3, 0.4) is 0 Å². The van der Waals surface area contributed by atoms with Crippen molar-refractivity contribution in [3.05, 3.63) is 72.8 Å². The quantitative estimate of drug-likeness (QED) is 0.439. The van der Waals surface area contributed by atoms with Gasteiger partial charge in [0.15, 0.2) is 0 Å². The van der Waals surface area contributed by atoms with Crippen molar-refractivity contribution in [2.75, 3.05) is 0 Å². The molecule has 3 aromatic carbocycles. The van der Waals surface area contributed by atoms with Gasteiger partial charge in [0.05, 0.1) is 22.4 Å². The molecule has 0 spiro atoms. The molecule has 144 valence electrons. The van der Waals surface area contributed by atoms with Gasteiger partial charge in [-0.1, -0.05) is 60.7 Å². The molecule has 1 aliphatic rings. The summed E-state index contributed by atoms with van der Waals surface area (Å²) in [6.45, 7) is 8.30. The molecule has 0 saturated carbocycles. The zero-order valence-electron chi connectivity index (χ0n) is 17.3. The van der Waals surface area contributed by atoms with Gasteiger partial charge >= 0.3 is 7.12 Å². The second kappa shape index (κ2) is 6.41. The van der Waals surface area contributed by atoms with E-state index in [-0.39, 0.29) is 18.3 Å². The molecule has 0 radical (unpaired) electrons. The van der Waals surface area contributed by atoms with E-state index in [1.54, 1.807) is 0 Å². The topological polar surface area (TPSA) is 31.4 Å². The van der Waals surface area contributed by atoms with Gasteiger partial charge in [-0.2, -0.15) is 0 Å². The number of aromatic nitrogens is 1. The average molecular weight is 381 g/mol. The first-order valence-corrected chi connectivity index (χ1v) is 10.1.